The molecule has 1 fully saturated rings. The number of halogens is 1. The summed E-state index contributed by atoms with van der Waals surface area (Å²) in [7, 11) is 0. The molecule has 0 N–H and O–H groups in total. The third-order valence-electron chi connectivity index (χ3n) is 6.03. The number of aryl methyl sites for hydroxylation is 1. The smallest absolute Gasteiger partial charge is 0.203 e. The molecule has 28 heavy (non-hydrogen) atoms. The summed E-state index contributed by atoms with van der Waals surface area (Å²) >= 11 is 3.63. The number of hydrogen-bond acceptors (Lipinski definition) is 4. The van der Waals surface area contributed by atoms with Crippen molar-refractivity contribution in [2.24, 2.45) is 5.10 Å². The van der Waals surface area contributed by atoms with E-state index in [4.69, 9.17) is 14.6 Å². The van der Waals surface area contributed by atoms with E-state index in [1.54, 1.807) is 0 Å². The zero-order valence-corrected chi connectivity index (χ0v) is 18.1. The molecule has 3 aliphatic rings. The number of benzene rings is 2. The molecule has 3 heterocycles. The lowest BCUT2D eigenvalue weighted by molar-refractivity contribution is -0.212. The Morgan fingerprint density at radius 3 is 2.68 bits per heavy atom. The van der Waals surface area contributed by atoms with Crippen LogP contribution in [0.4, 0.5) is 0 Å². The minimum absolute atomic E-state index is 0.187. The lowest BCUT2D eigenvalue weighted by atomic mass is 9.86. The number of hydrazone groups is 1. The van der Waals surface area contributed by atoms with Crippen molar-refractivity contribution in [3.05, 3.63) is 63.6 Å². The SMILES string of the molecule is Cc1ccc(C2=NN3[C@H](C2)c2cc(Br)ccc2O[C@]32CCOC(C)(C)C2)cc1. The van der Waals surface area contributed by atoms with Crippen molar-refractivity contribution in [1.82, 2.24) is 5.01 Å². The third kappa shape index (κ3) is 2.96. The van der Waals surface area contributed by atoms with Gasteiger partial charge in [0.2, 0.25) is 5.72 Å². The zero-order valence-electron chi connectivity index (χ0n) is 16.5. The second-order valence-electron chi connectivity index (χ2n) is 8.74. The van der Waals surface area contributed by atoms with E-state index in [9.17, 15) is 0 Å². The van der Waals surface area contributed by atoms with Crippen LogP contribution in [0.5, 0.6) is 5.75 Å². The quantitative estimate of drug-likeness (QED) is 0.579. The number of nitrogens with zero attached hydrogens (tertiary/aromatic N) is 2. The van der Waals surface area contributed by atoms with Gasteiger partial charge in [-0.25, -0.2) is 5.01 Å². The molecule has 146 valence electrons. The summed E-state index contributed by atoms with van der Waals surface area (Å²) in [5.41, 5.74) is 4.09. The van der Waals surface area contributed by atoms with Crippen LogP contribution in [0.2, 0.25) is 0 Å². The van der Waals surface area contributed by atoms with Crippen molar-refractivity contribution in [3.63, 3.8) is 0 Å². The molecule has 0 aliphatic carbocycles. The van der Waals surface area contributed by atoms with Crippen LogP contribution in [0, 0.1) is 6.92 Å². The Morgan fingerprint density at radius 2 is 1.93 bits per heavy atom. The maximum absolute atomic E-state index is 6.69. The van der Waals surface area contributed by atoms with Gasteiger partial charge in [-0.2, -0.15) is 5.10 Å². The molecule has 0 unspecified atom stereocenters. The molecule has 0 amide bonds. The molecule has 5 heteroatoms. The Bertz CT molecular complexity index is 954. The van der Waals surface area contributed by atoms with Gasteiger partial charge in [0.25, 0.3) is 0 Å². The van der Waals surface area contributed by atoms with E-state index in [0.717, 1.165) is 35.2 Å². The molecule has 2 atom stereocenters. The number of fused-ring (bicyclic) bond motifs is 4. The second kappa shape index (κ2) is 6.33. The summed E-state index contributed by atoms with van der Waals surface area (Å²) in [5.74, 6) is 0.975. The number of hydrogen-bond donors (Lipinski definition) is 0. The molecule has 0 saturated carbocycles. The van der Waals surface area contributed by atoms with Crippen molar-refractivity contribution in [1.29, 1.82) is 0 Å². The lowest BCUT2D eigenvalue weighted by Crippen LogP contribution is -2.60. The van der Waals surface area contributed by atoms with E-state index >= 15 is 0 Å². The van der Waals surface area contributed by atoms with Gasteiger partial charge in [0.1, 0.15) is 5.75 Å². The van der Waals surface area contributed by atoms with Gasteiger partial charge in [-0.1, -0.05) is 45.8 Å². The van der Waals surface area contributed by atoms with Crippen molar-refractivity contribution in [2.75, 3.05) is 6.61 Å². The number of ether oxygens (including phenoxy) is 2. The van der Waals surface area contributed by atoms with Crippen molar-refractivity contribution >= 4 is 21.6 Å². The van der Waals surface area contributed by atoms with Gasteiger partial charge >= 0.3 is 0 Å². The van der Waals surface area contributed by atoms with Crippen LogP contribution in [0.15, 0.2) is 52.0 Å². The fraction of sp³-hybridized carbons (Fsp3) is 0.435. The molecule has 0 bridgehead atoms. The molecule has 1 spiro atoms. The first-order chi connectivity index (χ1) is 13.4. The Balaban J connectivity index is 1.61. The molecule has 0 aromatic heterocycles. The first-order valence-corrected chi connectivity index (χ1v) is 10.7. The standard InChI is InChI=1S/C23H25BrN2O2/c1-15-4-6-16(7-5-15)19-13-20-18-12-17(24)8-9-21(18)28-23(26(20)25-19)10-11-27-22(2,3)14-23/h4-9,12,20H,10-11,13-14H2,1-3H3/t20-,23+/m1/s1. The van der Waals surface area contributed by atoms with E-state index in [-0.39, 0.29) is 11.6 Å². The lowest BCUT2D eigenvalue weighted by Gasteiger charge is -2.52. The minimum atomic E-state index is -0.459. The third-order valence-corrected chi connectivity index (χ3v) is 6.52. The maximum atomic E-state index is 6.69. The van der Waals surface area contributed by atoms with E-state index in [1.165, 1.54) is 16.7 Å². The summed E-state index contributed by atoms with van der Waals surface area (Å²) in [4.78, 5) is 0. The van der Waals surface area contributed by atoms with E-state index in [1.807, 2.05) is 0 Å². The molecule has 4 nitrogen and oxygen atoms in total. The number of rotatable bonds is 1. The van der Waals surface area contributed by atoms with Gasteiger partial charge in [-0.15, -0.1) is 0 Å². The van der Waals surface area contributed by atoms with Crippen molar-refractivity contribution in [2.45, 2.75) is 57.4 Å². The van der Waals surface area contributed by atoms with Crippen LogP contribution in [-0.4, -0.2) is 28.7 Å². The largest absolute Gasteiger partial charge is 0.466 e. The topological polar surface area (TPSA) is 34.1 Å². The summed E-state index contributed by atoms with van der Waals surface area (Å²) < 4.78 is 13.8. The van der Waals surface area contributed by atoms with Gasteiger partial charge in [-0.3, -0.25) is 0 Å². The van der Waals surface area contributed by atoms with Crippen LogP contribution < -0.4 is 4.74 Å². The fourth-order valence-electron chi connectivity index (χ4n) is 4.75. The molecule has 3 aliphatic heterocycles. The Hall–Kier alpha value is -1.85. The fourth-order valence-corrected chi connectivity index (χ4v) is 5.13. The predicted octanol–water partition coefficient (Wildman–Crippen LogP) is 5.59. The molecule has 2 aromatic carbocycles. The van der Waals surface area contributed by atoms with E-state index in [0.29, 0.717) is 6.61 Å². The Morgan fingerprint density at radius 1 is 1.14 bits per heavy atom. The average molecular weight is 441 g/mol. The van der Waals surface area contributed by atoms with E-state index < -0.39 is 5.72 Å². The molecular weight excluding hydrogens is 416 g/mol. The summed E-state index contributed by atoms with van der Waals surface area (Å²) in [6, 6.07) is 15.2. The second-order valence-corrected chi connectivity index (χ2v) is 9.66. The van der Waals surface area contributed by atoms with Crippen molar-refractivity contribution in [3.8, 4) is 5.75 Å². The van der Waals surface area contributed by atoms with Crippen LogP contribution in [0.1, 0.15) is 55.8 Å². The highest BCUT2D eigenvalue weighted by atomic mass is 79.9. The summed E-state index contributed by atoms with van der Waals surface area (Å²) in [6.07, 6.45) is 2.49. The highest BCUT2D eigenvalue weighted by Gasteiger charge is 2.54. The highest BCUT2D eigenvalue weighted by Crippen LogP contribution is 2.52. The minimum Gasteiger partial charge on any atom is -0.466 e. The maximum Gasteiger partial charge on any atom is 0.203 e. The summed E-state index contributed by atoms with van der Waals surface area (Å²) in [6.45, 7) is 7.08. The van der Waals surface area contributed by atoms with Gasteiger partial charge in [0, 0.05) is 29.3 Å². The first-order valence-electron chi connectivity index (χ1n) is 9.92. The Kier molecular flexibility index (Phi) is 4.11. The molecular formula is C23H25BrN2O2. The molecule has 2 aromatic rings. The summed E-state index contributed by atoms with van der Waals surface area (Å²) in [5, 5.41) is 7.37. The molecule has 1 saturated heterocycles. The molecule has 0 radical (unpaired) electrons. The van der Waals surface area contributed by atoms with Crippen LogP contribution >= 0.6 is 15.9 Å². The van der Waals surface area contributed by atoms with Gasteiger partial charge in [0.05, 0.1) is 24.0 Å². The van der Waals surface area contributed by atoms with Crippen LogP contribution in [0.3, 0.4) is 0 Å². The predicted molar refractivity (Wildman–Crippen MR) is 114 cm³/mol. The average Bonchev–Trinajstić information content (AvgIpc) is 3.09. The Labute approximate surface area is 174 Å². The first kappa shape index (κ1) is 18.2. The monoisotopic (exact) mass is 440 g/mol. The molecule has 5 rings (SSSR count). The zero-order chi connectivity index (χ0) is 19.5. The van der Waals surface area contributed by atoms with Crippen LogP contribution in [0.25, 0.3) is 0 Å². The highest BCUT2D eigenvalue weighted by molar-refractivity contribution is 9.10. The van der Waals surface area contributed by atoms with Gasteiger partial charge in [0.15, 0.2) is 0 Å². The normalized spacial score (nSPS) is 27.8. The van der Waals surface area contributed by atoms with E-state index in [2.05, 4.69) is 84.2 Å². The van der Waals surface area contributed by atoms with Gasteiger partial charge in [-0.05, 0) is 44.5 Å². The van der Waals surface area contributed by atoms with Crippen LogP contribution in [-0.2, 0) is 4.74 Å². The van der Waals surface area contributed by atoms with Gasteiger partial charge < -0.3 is 9.47 Å². The van der Waals surface area contributed by atoms with Crippen molar-refractivity contribution < 1.29 is 9.47 Å².